The van der Waals surface area contributed by atoms with Crippen LogP contribution in [0.5, 0.6) is 11.5 Å². The molecule has 5 heteroatoms. The van der Waals surface area contributed by atoms with Gasteiger partial charge in [-0.1, -0.05) is 30.3 Å². The van der Waals surface area contributed by atoms with E-state index in [2.05, 4.69) is 16.0 Å². The van der Waals surface area contributed by atoms with Crippen molar-refractivity contribution in [1.82, 2.24) is 4.90 Å². The topological polar surface area (TPSA) is 57.1 Å². The maximum Gasteiger partial charge on any atom is 0.161 e. The number of aliphatic imine (C=N–C) groups is 1. The third-order valence-electron chi connectivity index (χ3n) is 5.68. The Kier molecular flexibility index (Phi) is 6.35. The molecular weight excluding hydrogens is 364 g/mol. The van der Waals surface area contributed by atoms with Gasteiger partial charge in [-0.15, -0.1) is 0 Å². The molecule has 0 aromatic heterocycles. The normalized spacial score (nSPS) is 18.0. The number of hydrogen-bond donors (Lipinski definition) is 0. The monoisotopic (exact) mass is 393 g/mol. The molecule has 2 aliphatic rings. The minimum atomic E-state index is -0.0489. The van der Waals surface area contributed by atoms with E-state index in [0.29, 0.717) is 19.6 Å². The zero-order valence-corrected chi connectivity index (χ0v) is 17.1. The molecule has 1 fully saturated rings. The van der Waals surface area contributed by atoms with Gasteiger partial charge in [-0.3, -0.25) is 0 Å². The van der Waals surface area contributed by atoms with Crippen LogP contribution in [0.15, 0.2) is 47.5 Å². The van der Waals surface area contributed by atoms with E-state index in [4.69, 9.17) is 9.47 Å². The van der Waals surface area contributed by atoms with Crippen molar-refractivity contribution in [3.8, 4) is 11.5 Å². The van der Waals surface area contributed by atoms with Crippen molar-refractivity contribution >= 4 is 5.90 Å². The van der Waals surface area contributed by atoms with Crippen LogP contribution in [-0.2, 0) is 12.8 Å². The Hall–Kier alpha value is -2.53. The molecule has 0 radical (unpaired) electrons. The molecule has 2 aromatic rings. The molecule has 5 nitrogen and oxygen atoms in total. The second kappa shape index (κ2) is 9.31. The summed E-state index contributed by atoms with van der Waals surface area (Å²) in [7, 11) is 0. The molecule has 0 N–H and O–H groups in total. The molecule has 0 saturated carbocycles. The van der Waals surface area contributed by atoms with Gasteiger partial charge in [0.05, 0.1) is 6.04 Å². The molecule has 1 saturated heterocycles. The molecule has 0 aliphatic carbocycles. The number of benzene rings is 2. The third-order valence-corrected chi connectivity index (χ3v) is 5.68. The lowest BCUT2D eigenvalue weighted by Crippen LogP contribution is -2.33. The van der Waals surface area contributed by atoms with E-state index in [0.717, 1.165) is 54.2 Å². The molecule has 2 aromatic carbocycles. The number of ether oxygens (including phenoxy) is 2. The van der Waals surface area contributed by atoms with E-state index in [9.17, 15) is 5.11 Å². The lowest BCUT2D eigenvalue weighted by Gasteiger charge is -2.24. The number of aryl methyl sites for hydroxylation is 1. The minimum absolute atomic E-state index is 0.0407. The summed E-state index contributed by atoms with van der Waals surface area (Å²) in [4.78, 5) is 7.05. The number of hydrogen-bond acceptors (Lipinski definition) is 5. The van der Waals surface area contributed by atoms with Crippen LogP contribution in [0.3, 0.4) is 0 Å². The Morgan fingerprint density at radius 1 is 1.07 bits per heavy atom. The van der Waals surface area contributed by atoms with Crippen LogP contribution in [-0.4, -0.2) is 49.7 Å². The van der Waals surface area contributed by atoms with Gasteiger partial charge >= 0.3 is 0 Å². The Balaban J connectivity index is 1.50. The smallest absolute Gasteiger partial charge is 0.161 e. The summed E-state index contributed by atoms with van der Waals surface area (Å²) in [6.07, 6.45) is 3.55. The van der Waals surface area contributed by atoms with Crippen LogP contribution in [0, 0.1) is 6.92 Å². The molecule has 2 heterocycles. The standard InChI is InChI=1S/C24H30N2O3/c1-18-6-2-3-7-20(18)16-24(27)25-21(17-26-10-4-5-11-26)14-19-8-9-22-23(15-19)29-13-12-28-22/h2-3,6-9,15,21H,4-5,10-14,16-17H2,1H3,(H,25,27)/p-1. The van der Waals surface area contributed by atoms with Crippen molar-refractivity contribution < 1.29 is 14.6 Å². The molecule has 2 aliphatic heterocycles. The predicted octanol–water partition coefficient (Wildman–Crippen LogP) is 2.77. The van der Waals surface area contributed by atoms with Crippen LogP contribution in [0.25, 0.3) is 0 Å². The second-order valence-corrected chi connectivity index (χ2v) is 7.97. The van der Waals surface area contributed by atoms with Crippen LogP contribution in [0.2, 0.25) is 0 Å². The Morgan fingerprint density at radius 3 is 2.62 bits per heavy atom. The lowest BCUT2D eigenvalue weighted by atomic mass is 10.0. The van der Waals surface area contributed by atoms with Gasteiger partial charge in [0.2, 0.25) is 0 Å². The van der Waals surface area contributed by atoms with Crippen LogP contribution in [0.4, 0.5) is 0 Å². The first-order chi connectivity index (χ1) is 14.2. The highest BCUT2D eigenvalue weighted by Gasteiger charge is 2.19. The number of likely N-dealkylation sites (tertiary alicyclic amines) is 1. The fraction of sp³-hybridized carbons (Fsp3) is 0.458. The zero-order valence-electron chi connectivity index (χ0n) is 17.1. The molecule has 0 spiro atoms. The lowest BCUT2D eigenvalue weighted by molar-refractivity contribution is -0.218. The highest BCUT2D eigenvalue weighted by molar-refractivity contribution is 5.75. The van der Waals surface area contributed by atoms with Crippen molar-refractivity contribution in [2.24, 2.45) is 4.99 Å². The highest BCUT2D eigenvalue weighted by atomic mass is 16.6. The van der Waals surface area contributed by atoms with Crippen molar-refractivity contribution in [1.29, 1.82) is 0 Å². The largest absolute Gasteiger partial charge is 0.862 e. The fourth-order valence-corrected chi connectivity index (χ4v) is 4.12. The Morgan fingerprint density at radius 2 is 1.83 bits per heavy atom. The molecular formula is C24H29N2O3-. The van der Waals surface area contributed by atoms with E-state index in [1.807, 2.05) is 43.3 Å². The minimum Gasteiger partial charge on any atom is -0.862 e. The first-order valence-electron chi connectivity index (χ1n) is 10.6. The highest BCUT2D eigenvalue weighted by Crippen LogP contribution is 2.31. The second-order valence-electron chi connectivity index (χ2n) is 7.97. The van der Waals surface area contributed by atoms with E-state index >= 15 is 0 Å². The first kappa shape index (κ1) is 19.8. The SMILES string of the molecule is Cc1ccccc1CC([O-])=NC(Cc1ccc2c(c1)OCCO2)CN1CCCC1. The molecule has 4 rings (SSSR count). The number of rotatable bonds is 7. The quantitative estimate of drug-likeness (QED) is 0.536. The zero-order chi connectivity index (χ0) is 20.1. The van der Waals surface area contributed by atoms with Crippen molar-refractivity contribution in [3.05, 3.63) is 59.2 Å². The van der Waals surface area contributed by atoms with Gasteiger partial charge in [-0.25, -0.2) is 0 Å². The van der Waals surface area contributed by atoms with Crippen LogP contribution in [0.1, 0.15) is 29.5 Å². The van der Waals surface area contributed by atoms with E-state index in [-0.39, 0.29) is 11.9 Å². The summed E-state index contributed by atoms with van der Waals surface area (Å²) in [5.74, 6) is 1.55. The third kappa shape index (κ3) is 5.30. The molecule has 1 unspecified atom stereocenters. The Bertz CT molecular complexity index is 859. The van der Waals surface area contributed by atoms with E-state index < -0.39 is 0 Å². The van der Waals surface area contributed by atoms with Gasteiger partial charge in [0.25, 0.3) is 0 Å². The molecule has 29 heavy (non-hydrogen) atoms. The Labute approximate surface area is 173 Å². The van der Waals surface area contributed by atoms with Crippen LogP contribution >= 0.6 is 0 Å². The summed E-state index contributed by atoms with van der Waals surface area (Å²) in [5, 5.41) is 12.7. The van der Waals surface area contributed by atoms with Gasteiger partial charge in [-0.05, 0) is 74.0 Å². The van der Waals surface area contributed by atoms with Crippen LogP contribution < -0.4 is 14.6 Å². The maximum absolute atomic E-state index is 12.7. The van der Waals surface area contributed by atoms with Gasteiger partial charge in [0, 0.05) is 13.0 Å². The maximum atomic E-state index is 12.7. The summed E-state index contributed by atoms with van der Waals surface area (Å²) < 4.78 is 11.3. The fourth-order valence-electron chi connectivity index (χ4n) is 4.12. The number of fused-ring (bicyclic) bond motifs is 1. The predicted molar refractivity (Wildman–Crippen MR) is 113 cm³/mol. The van der Waals surface area contributed by atoms with Gasteiger partial charge in [0.1, 0.15) is 13.2 Å². The van der Waals surface area contributed by atoms with Gasteiger partial charge < -0.3 is 24.5 Å². The average Bonchev–Trinajstić information content (AvgIpc) is 3.22. The van der Waals surface area contributed by atoms with E-state index in [1.54, 1.807) is 0 Å². The van der Waals surface area contributed by atoms with Crippen molar-refractivity contribution in [3.63, 3.8) is 0 Å². The number of nitrogens with zero attached hydrogens (tertiary/aromatic N) is 2. The molecule has 0 amide bonds. The van der Waals surface area contributed by atoms with Crippen molar-refractivity contribution in [2.75, 3.05) is 32.8 Å². The summed E-state index contributed by atoms with van der Waals surface area (Å²) in [6, 6.07) is 14.0. The van der Waals surface area contributed by atoms with Gasteiger partial charge in [0.15, 0.2) is 11.5 Å². The molecule has 154 valence electrons. The summed E-state index contributed by atoms with van der Waals surface area (Å²) >= 11 is 0. The van der Waals surface area contributed by atoms with Crippen molar-refractivity contribution in [2.45, 2.75) is 38.6 Å². The average molecular weight is 394 g/mol. The summed E-state index contributed by atoms with van der Waals surface area (Å²) in [6.45, 7) is 6.23. The van der Waals surface area contributed by atoms with Gasteiger partial charge in [-0.2, -0.15) is 0 Å². The first-order valence-corrected chi connectivity index (χ1v) is 10.6. The molecule has 1 atom stereocenters. The molecule has 0 bridgehead atoms. The van der Waals surface area contributed by atoms with E-state index in [1.165, 1.54) is 12.8 Å². The summed E-state index contributed by atoms with van der Waals surface area (Å²) in [5.41, 5.74) is 3.32.